The Bertz CT molecular complexity index is 813. The molecule has 6 heteroatoms. The van der Waals surface area contributed by atoms with E-state index in [0.717, 1.165) is 28.3 Å². The number of carbonyl (C=O) groups is 2. The number of ether oxygens (including phenoxy) is 1. The molecule has 2 aromatic rings. The van der Waals surface area contributed by atoms with Crippen LogP contribution in [0.5, 0.6) is 5.75 Å². The minimum Gasteiger partial charge on any atom is -0.497 e. The number of carbonyl (C=O) groups excluding carboxylic acids is 2. The summed E-state index contributed by atoms with van der Waals surface area (Å²) in [5.74, 6) is 0.915. The largest absolute Gasteiger partial charge is 0.497 e. The van der Waals surface area contributed by atoms with Crippen molar-refractivity contribution >= 4 is 23.3 Å². The van der Waals surface area contributed by atoms with Crippen molar-refractivity contribution in [3.05, 3.63) is 53.6 Å². The molecule has 6 nitrogen and oxygen atoms in total. The Labute approximate surface area is 159 Å². The van der Waals surface area contributed by atoms with Gasteiger partial charge in [-0.3, -0.25) is 4.79 Å². The predicted molar refractivity (Wildman–Crippen MR) is 106 cm³/mol. The highest BCUT2D eigenvalue weighted by Crippen LogP contribution is 2.26. The topological polar surface area (TPSA) is 70.7 Å². The third kappa shape index (κ3) is 4.78. The number of nitrogens with zero attached hydrogens (tertiary/aromatic N) is 1. The van der Waals surface area contributed by atoms with Gasteiger partial charge in [0.15, 0.2) is 0 Å². The maximum absolute atomic E-state index is 12.3. The molecule has 3 amide bonds. The number of nitrogens with one attached hydrogen (secondary N) is 2. The summed E-state index contributed by atoms with van der Waals surface area (Å²) in [6.07, 6.45) is 0.426. The van der Waals surface area contributed by atoms with Gasteiger partial charge in [-0.2, -0.15) is 0 Å². The molecule has 2 N–H and O–H groups in total. The molecule has 142 valence electrons. The zero-order chi connectivity index (χ0) is 19.4. The molecule has 3 rings (SSSR count). The summed E-state index contributed by atoms with van der Waals surface area (Å²) in [5.41, 5.74) is 3.82. The van der Waals surface area contributed by atoms with Crippen LogP contribution in [-0.4, -0.2) is 32.1 Å². The summed E-state index contributed by atoms with van der Waals surface area (Å²) in [7, 11) is 1.61. The average molecular weight is 367 g/mol. The second kappa shape index (κ2) is 8.12. The number of urea groups is 1. The Morgan fingerprint density at radius 2 is 1.81 bits per heavy atom. The normalized spacial score (nSPS) is 16.3. The minimum absolute atomic E-state index is 0.0710. The first-order valence-corrected chi connectivity index (χ1v) is 9.02. The van der Waals surface area contributed by atoms with Crippen LogP contribution >= 0.6 is 0 Å². The number of hydrogen-bond acceptors (Lipinski definition) is 3. The SMILES string of the molecule is COc1ccc(N2CC(CNC(=O)Nc3cc(C)cc(C)c3)CC2=O)cc1. The molecule has 0 bridgehead atoms. The van der Waals surface area contributed by atoms with Gasteiger partial charge in [0.1, 0.15) is 5.75 Å². The molecule has 2 aromatic carbocycles. The molecule has 27 heavy (non-hydrogen) atoms. The summed E-state index contributed by atoms with van der Waals surface area (Å²) < 4.78 is 5.15. The molecule has 1 saturated heterocycles. The van der Waals surface area contributed by atoms with Gasteiger partial charge in [0.2, 0.25) is 5.91 Å². The lowest BCUT2D eigenvalue weighted by Crippen LogP contribution is -2.34. The number of aryl methyl sites for hydroxylation is 2. The Morgan fingerprint density at radius 3 is 2.44 bits per heavy atom. The first kappa shape index (κ1) is 18.8. The number of methoxy groups -OCH3 is 1. The Balaban J connectivity index is 1.52. The van der Waals surface area contributed by atoms with Crippen LogP contribution in [-0.2, 0) is 4.79 Å². The molecular weight excluding hydrogens is 342 g/mol. The van der Waals surface area contributed by atoms with E-state index in [-0.39, 0.29) is 17.9 Å². The van der Waals surface area contributed by atoms with Crippen LogP contribution in [0.2, 0.25) is 0 Å². The predicted octanol–water partition coefficient (Wildman–Crippen LogP) is 3.49. The summed E-state index contributed by atoms with van der Waals surface area (Å²) in [4.78, 5) is 26.2. The number of hydrogen-bond donors (Lipinski definition) is 2. The summed E-state index contributed by atoms with van der Waals surface area (Å²) >= 11 is 0. The fourth-order valence-electron chi connectivity index (χ4n) is 3.39. The number of rotatable bonds is 5. The fourth-order valence-corrected chi connectivity index (χ4v) is 3.39. The molecule has 1 fully saturated rings. The van der Waals surface area contributed by atoms with E-state index in [1.165, 1.54) is 0 Å². The van der Waals surface area contributed by atoms with Crippen LogP contribution in [0.3, 0.4) is 0 Å². The highest BCUT2D eigenvalue weighted by atomic mass is 16.5. The lowest BCUT2D eigenvalue weighted by molar-refractivity contribution is -0.117. The third-order valence-electron chi connectivity index (χ3n) is 4.62. The summed E-state index contributed by atoms with van der Waals surface area (Å²) in [5, 5.41) is 5.73. The number of amides is 3. The van der Waals surface area contributed by atoms with Crippen molar-refractivity contribution in [1.82, 2.24) is 5.32 Å². The Morgan fingerprint density at radius 1 is 1.15 bits per heavy atom. The molecular formula is C21H25N3O3. The van der Waals surface area contributed by atoms with Gasteiger partial charge in [-0.1, -0.05) is 6.07 Å². The molecule has 0 saturated carbocycles. The van der Waals surface area contributed by atoms with Crippen molar-refractivity contribution in [2.24, 2.45) is 5.92 Å². The molecule has 1 heterocycles. The van der Waals surface area contributed by atoms with Crippen LogP contribution < -0.4 is 20.3 Å². The summed E-state index contributed by atoms with van der Waals surface area (Å²) in [6.45, 7) is 5.03. The highest BCUT2D eigenvalue weighted by Gasteiger charge is 2.30. The van der Waals surface area contributed by atoms with E-state index in [1.807, 2.05) is 50.2 Å². The van der Waals surface area contributed by atoms with Gasteiger partial charge in [0.25, 0.3) is 0 Å². The molecule has 1 unspecified atom stereocenters. The van der Waals surface area contributed by atoms with E-state index >= 15 is 0 Å². The minimum atomic E-state index is -0.254. The van der Waals surface area contributed by atoms with Crippen molar-refractivity contribution in [1.29, 1.82) is 0 Å². The second-order valence-corrected chi connectivity index (χ2v) is 6.98. The standard InChI is InChI=1S/C21H25N3O3/c1-14-8-15(2)10-17(9-14)23-21(26)22-12-16-11-20(25)24(13-16)18-4-6-19(27-3)7-5-18/h4-10,16H,11-13H2,1-3H3,(H2,22,23,26). The van der Waals surface area contributed by atoms with Crippen LogP contribution in [0.1, 0.15) is 17.5 Å². The van der Waals surface area contributed by atoms with Crippen LogP contribution in [0.15, 0.2) is 42.5 Å². The monoisotopic (exact) mass is 367 g/mol. The average Bonchev–Trinajstić information content (AvgIpc) is 3.00. The maximum Gasteiger partial charge on any atom is 0.319 e. The van der Waals surface area contributed by atoms with E-state index in [2.05, 4.69) is 16.7 Å². The van der Waals surface area contributed by atoms with E-state index < -0.39 is 0 Å². The van der Waals surface area contributed by atoms with Crippen molar-refractivity contribution in [2.75, 3.05) is 30.4 Å². The fraction of sp³-hybridized carbons (Fsp3) is 0.333. The smallest absolute Gasteiger partial charge is 0.319 e. The van der Waals surface area contributed by atoms with Gasteiger partial charge in [-0.25, -0.2) is 4.79 Å². The molecule has 1 aliphatic heterocycles. The third-order valence-corrected chi connectivity index (χ3v) is 4.62. The lowest BCUT2D eigenvalue weighted by Gasteiger charge is -2.17. The van der Waals surface area contributed by atoms with Crippen LogP contribution in [0.25, 0.3) is 0 Å². The Kier molecular flexibility index (Phi) is 5.64. The first-order chi connectivity index (χ1) is 12.9. The molecule has 1 atom stereocenters. The van der Waals surface area contributed by atoms with Gasteiger partial charge in [0, 0.05) is 36.8 Å². The van der Waals surface area contributed by atoms with E-state index in [4.69, 9.17) is 4.74 Å². The van der Waals surface area contributed by atoms with Crippen molar-refractivity contribution in [2.45, 2.75) is 20.3 Å². The molecule has 0 aliphatic carbocycles. The van der Waals surface area contributed by atoms with E-state index in [9.17, 15) is 9.59 Å². The molecule has 0 spiro atoms. The van der Waals surface area contributed by atoms with Crippen molar-refractivity contribution in [3.63, 3.8) is 0 Å². The lowest BCUT2D eigenvalue weighted by atomic mass is 10.1. The summed E-state index contributed by atoms with van der Waals surface area (Å²) in [6, 6.07) is 13.1. The van der Waals surface area contributed by atoms with Gasteiger partial charge in [-0.05, 0) is 61.4 Å². The van der Waals surface area contributed by atoms with Gasteiger partial charge >= 0.3 is 6.03 Å². The van der Waals surface area contributed by atoms with Gasteiger partial charge in [-0.15, -0.1) is 0 Å². The highest BCUT2D eigenvalue weighted by molar-refractivity contribution is 5.96. The number of anilines is 2. The maximum atomic E-state index is 12.3. The molecule has 1 aliphatic rings. The van der Waals surface area contributed by atoms with Gasteiger partial charge in [0.05, 0.1) is 7.11 Å². The zero-order valence-electron chi connectivity index (χ0n) is 15.9. The van der Waals surface area contributed by atoms with E-state index in [1.54, 1.807) is 12.0 Å². The van der Waals surface area contributed by atoms with E-state index in [0.29, 0.717) is 19.5 Å². The van der Waals surface area contributed by atoms with Crippen LogP contribution in [0, 0.1) is 19.8 Å². The zero-order valence-corrected chi connectivity index (χ0v) is 15.9. The molecule has 0 aromatic heterocycles. The van der Waals surface area contributed by atoms with Crippen molar-refractivity contribution < 1.29 is 14.3 Å². The van der Waals surface area contributed by atoms with Crippen LogP contribution in [0.4, 0.5) is 16.2 Å². The number of benzene rings is 2. The van der Waals surface area contributed by atoms with Crippen molar-refractivity contribution in [3.8, 4) is 5.75 Å². The Hall–Kier alpha value is -3.02. The second-order valence-electron chi connectivity index (χ2n) is 6.98. The molecule has 0 radical (unpaired) electrons. The quantitative estimate of drug-likeness (QED) is 0.850. The first-order valence-electron chi connectivity index (χ1n) is 9.02. The van der Waals surface area contributed by atoms with Gasteiger partial charge < -0.3 is 20.3 Å².